The molecule has 0 saturated heterocycles. The van der Waals surface area contributed by atoms with Crippen molar-refractivity contribution < 1.29 is 4.92 Å². The Balaban J connectivity index is 1.92. The second-order valence-corrected chi connectivity index (χ2v) is 3.95. The second-order valence-electron chi connectivity index (χ2n) is 3.95. The highest BCUT2D eigenvalue weighted by Gasteiger charge is 2.41. The smallest absolute Gasteiger partial charge is 0.206 e. The SMILES string of the molecule is O=[N+]([O-])CC1CC2CCC1C2. The van der Waals surface area contributed by atoms with Gasteiger partial charge in [0.25, 0.3) is 0 Å². The molecule has 0 spiro atoms. The fourth-order valence-electron chi connectivity index (χ4n) is 2.79. The first kappa shape index (κ1) is 7.07. The van der Waals surface area contributed by atoms with Crippen molar-refractivity contribution in [3.8, 4) is 0 Å². The van der Waals surface area contributed by atoms with Crippen LogP contribution in [0, 0.1) is 27.9 Å². The summed E-state index contributed by atoms with van der Waals surface area (Å²) >= 11 is 0. The fraction of sp³-hybridized carbons (Fsp3) is 1.00. The molecule has 3 nitrogen and oxygen atoms in total. The van der Waals surface area contributed by atoms with Crippen LogP contribution in [0.3, 0.4) is 0 Å². The Morgan fingerprint density at radius 2 is 2.18 bits per heavy atom. The molecule has 2 aliphatic rings. The lowest BCUT2D eigenvalue weighted by molar-refractivity contribution is -0.489. The lowest BCUT2D eigenvalue weighted by Gasteiger charge is -2.16. The quantitative estimate of drug-likeness (QED) is 0.450. The zero-order valence-electron chi connectivity index (χ0n) is 6.53. The summed E-state index contributed by atoms with van der Waals surface area (Å²) in [6.45, 7) is 0.223. The van der Waals surface area contributed by atoms with Crippen LogP contribution >= 0.6 is 0 Å². The molecule has 62 valence electrons. The van der Waals surface area contributed by atoms with Gasteiger partial charge in [0.2, 0.25) is 6.54 Å². The minimum atomic E-state index is -0.147. The van der Waals surface area contributed by atoms with Gasteiger partial charge in [-0.15, -0.1) is 0 Å². The molecule has 0 radical (unpaired) electrons. The molecular formula is C8H13NO2. The number of rotatable bonds is 2. The van der Waals surface area contributed by atoms with Gasteiger partial charge in [-0.2, -0.15) is 0 Å². The van der Waals surface area contributed by atoms with E-state index in [-0.39, 0.29) is 11.5 Å². The summed E-state index contributed by atoms with van der Waals surface area (Å²) in [5.74, 6) is 1.96. The zero-order chi connectivity index (χ0) is 7.84. The number of fused-ring (bicyclic) bond motifs is 2. The third kappa shape index (κ3) is 1.24. The molecule has 0 amide bonds. The maximum Gasteiger partial charge on any atom is 0.206 e. The van der Waals surface area contributed by atoms with Crippen LogP contribution in [0.5, 0.6) is 0 Å². The predicted octanol–water partition coefficient (Wildman–Crippen LogP) is 1.70. The summed E-state index contributed by atoms with van der Waals surface area (Å²) in [5, 5.41) is 10.2. The van der Waals surface area contributed by atoms with Crippen LogP contribution in [0.25, 0.3) is 0 Å². The van der Waals surface area contributed by atoms with Crippen molar-refractivity contribution in [2.24, 2.45) is 17.8 Å². The van der Waals surface area contributed by atoms with Crippen molar-refractivity contribution in [1.82, 2.24) is 0 Å². The number of nitrogens with zero attached hydrogens (tertiary/aromatic N) is 1. The van der Waals surface area contributed by atoms with Gasteiger partial charge in [0.15, 0.2) is 0 Å². The van der Waals surface area contributed by atoms with Crippen molar-refractivity contribution in [2.75, 3.05) is 6.54 Å². The van der Waals surface area contributed by atoms with Gasteiger partial charge in [-0.05, 0) is 31.1 Å². The summed E-state index contributed by atoms with van der Waals surface area (Å²) in [5.41, 5.74) is 0. The zero-order valence-corrected chi connectivity index (χ0v) is 6.53. The molecule has 2 aliphatic carbocycles. The van der Waals surface area contributed by atoms with Gasteiger partial charge >= 0.3 is 0 Å². The largest absolute Gasteiger partial charge is 0.265 e. The van der Waals surface area contributed by atoms with E-state index in [0.717, 1.165) is 12.3 Å². The van der Waals surface area contributed by atoms with Gasteiger partial charge in [-0.1, -0.05) is 6.42 Å². The van der Waals surface area contributed by atoms with Crippen LogP contribution in [-0.2, 0) is 0 Å². The maximum absolute atomic E-state index is 10.2. The maximum atomic E-state index is 10.2. The third-order valence-corrected chi connectivity index (χ3v) is 3.27. The molecule has 0 N–H and O–H groups in total. The number of hydrogen-bond donors (Lipinski definition) is 0. The van der Waals surface area contributed by atoms with Gasteiger partial charge < -0.3 is 0 Å². The Bertz CT molecular complexity index is 181. The molecule has 2 rings (SSSR count). The third-order valence-electron chi connectivity index (χ3n) is 3.27. The molecule has 0 aromatic heterocycles. The summed E-state index contributed by atoms with van der Waals surface area (Å²) in [6.07, 6.45) is 4.99. The molecule has 0 aromatic rings. The lowest BCUT2D eigenvalue weighted by atomic mass is 9.89. The highest BCUT2D eigenvalue weighted by atomic mass is 16.6. The van der Waals surface area contributed by atoms with Crippen molar-refractivity contribution in [3.05, 3.63) is 10.1 Å². The van der Waals surface area contributed by atoms with Gasteiger partial charge in [0, 0.05) is 10.8 Å². The van der Waals surface area contributed by atoms with Gasteiger partial charge in [-0.3, -0.25) is 10.1 Å². The Morgan fingerprint density at radius 1 is 1.36 bits per heavy atom. The van der Waals surface area contributed by atoms with Gasteiger partial charge in [0.05, 0.1) is 0 Å². The minimum Gasteiger partial charge on any atom is -0.265 e. The van der Waals surface area contributed by atoms with Crippen LogP contribution in [-0.4, -0.2) is 11.5 Å². The lowest BCUT2D eigenvalue weighted by Crippen LogP contribution is -2.19. The normalized spacial score (nSPS) is 41.3. The van der Waals surface area contributed by atoms with Crippen LogP contribution in [0.15, 0.2) is 0 Å². The number of nitro groups is 1. The summed E-state index contributed by atoms with van der Waals surface area (Å²) in [6, 6.07) is 0. The van der Waals surface area contributed by atoms with Crippen LogP contribution in [0.2, 0.25) is 0 Å². The van der Waals surface area contributed by atoms with E-state index in [1.54, 1.807) is 0 Å². The summed E-state index contributed by atoms with van der Waals surface area (Å²) < 4.78 is 0. The highest BCUT2D eigenvalue weighted by molar-refractivity contribution is 4.89. The molecule has 0 aromatic carbocycles. The van der Waals surface area contributed by atoms with E-state index in [0.29, 0.717) is 11.8 Å². The van der Waals surface area contributed by atoms with E-state index < -0.39 is 0 Å². The van der Waals surface area contributed by atoms with E-state index >= 15 is 0 Å². The molecule has 3 atom stereocenters. The fourth-order valence-corrected chi connectivity index (χ4v) is 2.79. The Labute approximate surface area is 65.9 Å². The number of hydrogen-bond acceptors (Lipinski definition) is 2. The molecular weight excluding hydrogens is 142 g/mol. The first-order valence-electron chi connectivity index (χ1n) is 4.37. The van der Waals surface area contributed by atoms with Crippen molar-refractivity contribution in [2.45, 2.75) is 25.7 Å². The molecule has 3 unspecified atom stereocenters. The monoisotopic (exact) mass is 155 g/mol. The van der Waals surface area contributed by atoms with Crippen molar-refractivity contribution in [1.29, 1.82) is 0 Å². The van der Waals surface area contributed by atoms with E-state index in [1.807, 2.05) is 0 Å². The summed E-state index contributed by atoms with van der Waals surface area (Å²) in [4.78, 5) is 10.1. The van der Waals surface area contributed by atoms with Crippen molar-refractivity contribution in [3.63, 3.8) is 0 Å². The van der Waals surface area contributed by atoms with Gasteiger partial charge in [0.1, 0.15) is 0 Å². The van der Waals surface area contributed by atoms with E-state index in [1.165, 1.54) is 19.3 Å². The average molecular weight is 155 g/mol. The molecule has 11 heavy (non-hydrogen) atoms. The first-order valence-corrected chi connectivity index (χ1v) is 4.37. The van der Waals surface area contributed by atoms with E-state index in [2.05, 4.69) is 0 Å². The second kappa shape index (κ2) is 2.47. The molecule has 3 heteroatoms. The molecule has 2 bridgehead atoms. The standard InChI is InChI=1S/C8H13NO2/c10-9(11)5-8-4-6-1-2-7(8)3-6/h6-8H,1-5H2. The van der Waals surface area contributed by atoms with Crippen molar-refractivity contribution >= 4 is 0 Å². The Morgan fingerprint density at radius 3 is 2.64 bits per heavy atom. The van der Waals surface area contributed by atoms with Gasteiger partial charge in [-0.25, -0.2) is 0 Å². The predicted molar refractivity (Wildman–Crippen MR) is 40.8 cm³/mol. The Kier molecular flexibility index (Phi) is 1.59. The molecule has 2 saturated carbocycles. The minimum absolute atomic E-state index is 0.147. The highest BCUT2D eigenvalue weighted by Crippen LogP contribution is 2.48. The average Bonchev–Trinajstić information content (AvgIpc) is 2.45. The topological polar surface area (TPSA) is 43.1 Å². The van der Waals surface area contributed by atoms with E-state index in [9.17, 15) is 10.1 Å². The summed E-state index contributed by atoms with van der Waals surface area (Å²) in [7, 11) is 0. The van der Waals surface area contributed by atoms with E-state index in [4.69, 9.17) is 0 Å². The Hall–Kier alpha value is -0.600. The van der Waals surface area contributed by atoms with Crippen LogP contribution in [0.4, 0.5) is 0 Å². The van der Waals surface area contributed by atoms with Crippen LogP contribution in [0.1, 0.15) is 25.7 Å². The molecule has 0 heterocycles. The first-order chi connectivity index (χ1) is 5.25. The van der Waals surface area contributed by atoms with Crippen LogP contribution < -0.4 is 0 Å². The molecule has 0 aliphatic heterocycles. The molecule has 2 fully saturated rings.